The van der Waals surface area contributed by atoms with Crippen LogP contribution in [0.2, 0.25) is 0 Å². The summed E-state index contributed by atoms with van der Waals surface area (Å²) < 4.78 is 43.1. The number of ketones is 1. The molecule has 4 aromatic rings. The Labute approximate surface area is 316 Å². The van der Waals surface area contributed by atoms with Crippen LogP contribution >= 0.6 is 0 Å². The molecule has 0 spiro atoms. The SMILES string of the molecule is COC(=O)[C@@H](NC(=O)OCc1ccccc1)[C@@H](C)OC1O[C@H](COCc2ccccc2)[C@H](OCc2ccccc2)[C@H](OCc2ccccc2)[C@H]1CC(C)=O. The average Bonchev–Trinajstić information content (AvgIpc) is 3.20. The van der Waals surface area contributed by atoms with Gasteiger partial charge in [0.15, 0.2) is 12.3 Å². The molecule has 54 heavy (non-hydrogen) atoms. The molecule has 1 aliphatic rings. The van der Waals surface area contributed by atoms with E-state index in [1.165, 1.54) is 14.0 Å². The molecule has 1 heterocycles. The largest absolute Gasteiger partial charge is 0.467 e. The second-order valence-corrected chi connectivity index (χ2v) is 13.2. The number of alkyl carbamates (subject to hydrolysis) is 1. The number of carbonyl (C=O) groups excluding carboxylic acids is 3. The van der Waals surface area contributed by atoms with Crippen molar-refractivity contribution < 1.29 is 47.5 Å². The van der Waals surface area contributed by atoms with Crippen LogP contribution in [0.4, 0.5) is 4.79 Å². The Balaban J connectivity index is 1.41. The lowest BCUT2D eigenvalue weighted by Gasteiger charge is -2.47. The first-order valence-corrected chi connectivity index (χ1v) is 18.1. The number of benzene rings is 4. The third kappa shape index (κ3) is 12.3. The fourth-order valence-corrected chi connectivity index (χ4v) is 6.27. The number of ether oxygens (including phenoxy) is 7. The molecule has 0 radical (unpaired) electrons. The van der Waals surface area contributed by atoms with Crippen LogP contribution < -0.4 is 5.32 Å². The summed E-state index contributed by atoms with van der Waals surface area (Å²) in [6.45, 7) is 4.01. The van der Waals surface area contributed by atoms with Gasteiger partial charge in [-0.3, -0.25) is 0 Å². The summed E-state index contributed by atoms with van der Waals surface area (Å²) in [6.07, 6.45) is -5.01. The molecule has 1 aliphatic heterocycles. The van der Waals surface area contributed by atoms with E-state index in [0.717, 1.165) is 22.3 Å². The van der Waals surface area contributed by atoms with Gasteiger partial charge in [-0.05, 0) is 36.1 Å². The zero-order valence-electron chi connectivity index (χ0n) is 30.9. The molecule has 7 atom stereocenters. The normalized spacial score (nSPS) is 20.7. The van der Waals surface area contributed by atoms with Gasteiger partial charge in [-0.25, -0.2) is 9.59 Å². The summed E-state index contributed by atoms with van der Waals surface area (Å²) >= 11 is 0. The van der Waals surface area contributed by atoms with Gasteiger partial charge in [0.05, 0.1) is 45.7 Å². The van der Waals surface area contributed by atoms with Gasteiger partial charge in [-0.15, -0.1) is 0 Å². The topological polar surface area (TPSA) is 128 Å². The summed E-state index contributed by atoms with van der Waals surface area (Å²) in [7, 11) is 1.22. The molecule has 1 saturated heterocycles. The first-order chi connectivity index (χ1) is 26.3. The molecular weight excluding hydrogens is 690 g/mol. The fraction of sp³-hybridized carbons (Fsp3) is 0.372. The van der Waals surface area contributed by atoms with Gasteiger partial charge in [-0.2, -0.15) is 0 Å². The number of Topliss-reactive ketones (excluding diaryl/α,β-unsaturated/α-hetero) is 1. The first-order valence-electron chi connectivity index (χ1n) is 18.1. The van der Waals surface area contributed by atoms with Crippen LogP contribution in [-0.4, -0.2) is 68.3 Å². The number of carbonyl (C=O) groups is 3. The van der Waals surface area contributed by atoms with Crippen LogP contribution in [0.3, 0.4) is 0 Å². The van der Waals surface area contributed by atoms with E-state index in [4.69, 9.17) is 33.2 Å². The van der Waals surface area contributed by atoms with Crippen molar-refractivity contribution in [2.45, 2.75) is 83.4 Å². The Morgan fingerprint density at radius 3 is 1.67 bits per heavy atom. The molecule has 1 unspecified atom stereocenters. The van der Waals surface area contributed by atoms with Gasteiger partial charge >= 0.3 is 12.1 Å². The molecule has 11 heteroatoms. The second kappa shape index (κ2) is 21.1. The van der Waals surface area contributed by atoms with E-state index in [1.807, 2.05) is 121 Å². The molecule has 0 aromatic heterocycles. The van der Waals surface area contributed by atoms with Gasteiger partial charge in [0, 0.05) is 12.3 Å². The Morgan fingerprint density at radius 1 is 0.685 bits per heavy atom. The van der Waals surface area contributed by atoms with Crippen LogP contribution in [0, 0.1) is 5.92 Å². The van der Waals surface area contributed by atoms with E-state index in [-0.39, 0.29) is 38.6 Å². The van der Waals surface area contributed by atoms with Crippen molar-refractivity contribution in [1.82, 2.24) is 5.32 Å². The number of esters is 1. The number of amides is 1. The number of nitrogens with one attached hydrogen (secondary N) is 1. The maximum absolute atomic E-state index is 13.1. The van der Waals surface area contributed by atoms with Crippen molar-refractivity contribution in [2.75, 3.05) is 13.7 Å². The third-order valence-electron chi connectivity index (χ3n) is 9.02. The van der Waals surface area contributed by atoms with E-state index < -0.39 is 54.7 Å². The van der Waals surface area contributed by atoms with E-state index in [1.54, 1.807) is 6.92 Å². The smallest absolute Gasteiger partial charge is 0.408 e. The van der Waals surface area contributed by atoms with Crippen LogP contribution in [0.15, 0.2) is 121 Å². The van der Waals surface area contributed by atoms with Crippen molar-refractivity contribution in [3.8, 4) is 0 Å². The highest BCUT2D eigenvalue weighted by Crippen LogP contribution is 2.36. The van der Waals surface area contributed by atoms with E-state index in [9.17, 15) is 14.4 Å². The minimum atomic E-state index is -1.27. The van der Waals surface area contributed by atoms with Crippen LogP contribution in [0.5, 0.6) is 0 Å². The second-order valence-electron chi connectivity index (χ2n) is 13.2. The molecule has 1 fully saturated rings. The molecule has 0 saturated carbocycles. The highest BCUT2D eigenvalue weighted by atomic mass is 16.7. The summed E-state index contributed by atoms with van der Waals surface area (Å²) in [6, 6.07) is 37.1. The minimum Gasteiger partial charge on any atom is -0.467 e. The standard InChI is InChI=1S/C43H49NO10/c1-30(45)24-36-39(50-26-33-18-10-5-11-19-33)40(51-27-34-20-12-6-13-21-34)37(29-49-25-32-16-8-4-9-17-32)54-42(36)53-31(2)38(41(46)48-3)44-43(47)52-28-35-22-14-7-15-23-35/h4-23,31,36-40,42H,24-29H2,1-3H3,(H,44,47)/t31-,36-,37-,38+,39-,40+,42?/m1/s1. The molecule has 11 nitrogen and oxygen atoms in total. The molecule has 0 bridgehead atoms. The van der Waals surface area contributed by atoms with E-state index >= 15 is 0 Å². The Bertz CT molecular complexity index is 1710. The highest BCUT2D eigenvalue weighted by Gasteiger charge is 2.49. The quantitative estimate of drug-likeness (QED) is 0.106. The van der Waals surface area contributed by atoms with Gasteiger partial charge in [-0.1, -0.05) is 121 Å². The van der Waals surface area contributed by atoms with Crippen molar-refractivity contribution >= 4 is 17.8 Å². The van der Waals surface area contributed by atoms with Crippen LogP contribution in [-0.2, 0) is 69.2 Å². The number of methoxy groups -OCH3 is 1. The molecule has 4 aromatic carbocycles. The first kappa shape index (κ1) is 40.3. The lowest BCUT2D eigenvalue weighted by molar-refractivity contribution is -0.314. The zero-order chi connectivity index (χ0) is 38.1. The van der Waals surface area contributed by atoms with Gasteiger partial charge in [0.25, 0.3) is 0 Å². The summed E-state index contributed by atoms with van der Waals surface area (Å²) in [5.41, 5.74) is 3.64. The Kier molecular flexibility index (Phi) is 15.7. The average molecular weight is 740 g/mol. The molecule has 1 N–H and O–H groups in total. The van der Waals surface area contributed by atoms with Crippen LogP contribution in [0.25, 0.3) is 0 Å². The monoisotopic (exact) mass is 739 g/mol. The maximum atomic E-state index is 13.1. The molecular formula is C43H49NO10. The molecule has 286 valence electrons. The zero-order valence-corrected chi connectivity index (χ0v) is 30.9. The minimum absolute atomic E-state index is 0.00229. The maximum Gasteiger partial charge on any atom is 0.408 e. The lowest BCUT2D eigenvalue weighted by Crippen LogP contribution is -2.60. The molecule has 0 aliphatic carbocycles. The van der Waals surface area contributed by atoms with E-state index in [2.05, 4.69) is 5.32 Å². The third-order valence-corrected chi connectivity index (χ3v) is 9.02. The Hall–Kier alpha value is -4.91. The highest BCUT2D eigenvalue weighted by molar-refractivity contribution is 5.81. The molecule has 1 amide bonds. The van der Waals surface area contributed by atoms with Crippen molar-refractivity contribution in [2.24, 2.45) is 5.92 Å². The summed E-state index contributed by atoms with van der Waals surface area (Å²) in [5, 5.41) is 2.59. The van der Waals surface area contributed by atoms with Gasteiger partial charge in [0.1, 0.15) is 24.6 Å². The molecule has 5 rings (SSSR count). The predicted molar refractivity (Wildman–Crippen MR) is 200 cm³/mol. The number of rotatable bonds is 19. The number of hydrogen-bond donors (Lipinski definition) is 1. The fourth-order valence-electron chi connectivity index (χ4n) is 6.27. The van der Waals surface area contributed by atoms with Crippen LogP contribution in [0.1, 0.15) is 42.5 Å². The van der Waals surface area contributed by atoms with Gasteiger partial charge < -0.3 is 43.3 Å². The number of hydrogen-bond acceptors (Lipinski definition) is 10. The summed E-state index contributed by atoms with van der Waals surface area (Å²) in [5.74, 6) is -1.55. The van der Waals surface area contributed by atoms with Crippen molar-refractivity contribution in [3.63, 3.8) is 0 Å². The predicted octanol–water partition coefficient (Wildman–Crippen LogP) is 6.57. The van der Waals surface area contributed by atoms with E-state index in [0.29, 0.717) is 6.61 Å². The van der Waals surface area contributed by atoms with Gasteiger partial charge in [0.2, 0.25) is 0 Å². The Morgan fingerprint density at radius 2 is 1.17 bits per heavy atom. The van der Waals surface area contributed by atoms with Crippen molar-refractivity contribution in [1.29, 1.82) is 0 Å². The van der Waals surface area contributed by atoms with Crippen molar-refractivity contribution in [3.05, 3.63) is 144 Å². The lowest BCUT2D eigenvalue weighted by atomic mass is 9.86. The summed E-state index contributed by atoms with van der Waals surface area (Å²) in [4.78, 5) is 38.9.